The van der Waals surface area contributed by atoms with E-state index in [1.54, 1.807) is 0 Å². The smallest absolute Gasteiger partial charge is 0.192 e. The fourth-order valence-electron chi connectivity index (χ4n) is 3.76. The Morgan fingerprint density at radius 2 is 1.94 bits per heavy atom. The Kier molecular flexibility index (Phi) is 3.33. The number of hydrogen-bond donors (Lipinski definition) is 0. The molecule has 3 rings (SSSR count). The highest BCUT2D eigenvalue weighted by Crippen LogP contribution is 2.61. The first-order valence-electron chi connectivity index (χ1n) is 6.96. The Bertz CT molecular complexity index is 260. The average Bonchev–Trinajstić information content (AvgIpc) is 2.90. The molecule has 1 nitrogen and oxygen atoms in total. The molecule has 2 heteroatoms. The number of hydrogen-bond acceptors (Lipinski definition) is 1. The Labute approximate surface area is 101 Å². The molecule has 3 fully saturated rings. The van der Waals surface area contributed by atoms with Crippen molar-refractivity contribution in [2.45, 2.75) is 64.3 Å². The molecule has 0 radical (unpaired) electrons. The highest BCUT2D eigenvalue weighted by Gasteiger charge is 2.59. The van der Waals surface area contributed by atoms with Crippen molar-refractivity contribution in [2.24, 2.45) is 11.3 Å². The SMILES string of the molecule is C=C[C@]12CC[C@H](C1)[C@@H]2O[Si](CC)(CC)CC. The van der Waals surface area contributed by atoms with Gasteiger partial charge in [0, 0.05) is 5.41 Å². The summed E-state index contributed by atoms with van der Waals surface area (Å²) < 4.78 is 6.67. The van der Waals surface area contributed by atoms with Gasteiger partial charge in [0.15, 0.2) is 8.32 Å². The molecule has 3 aliphatic carbocycles. The predicted octanol–water partition coefficient (Wildman–Crippen LogP) is 4.36. The molecule has 16 heavy (non-hydrogen) atoms. The van der Waals surface area contributed by atoms with Gasteiger partial charge in [-0.3, -0.25) is 0 Å². The van der Waals surface area contributed by atoms with E-state index < -0.39 is 8.32 Å². The zero-order chi connectivity index (χ0) is 11.8. The van der Waals surface area contributed by atoms with Crippen LogP contribution in [0.15, 0.2) is 12.7 Å². The second kappa shape index (κ2) is 4.30. The first-order chi connectivity index (χ1) is 7.65. The van der Waals surface area contributed by atoms with Crippen molar-refractivity contribution in [2.75, 3.05) is 0 Å². The first kappa shape index (κ1) is 12.4. The molecule has 0 unspecified atom stereocenters. The molecule has 0 aromatic rings. The second-order valence-electron chi connectivity index (χ2n) is 5.72. The molecule has 2 bridgehead atoms. The van der Waals surface area contributed by atoms with Crippen LogP contribution in [0.3, 0.4) is 0 Å². The van der Waals surface area contributed by atoms with E-state index in [2.05, 4.69) is 33.4 Å². The van der Waals surface area contributed by atoms with Crippen molar-refractivity contribution < 1.29 is 4.43 Å². The van der Waals surface area contributed by atoms with Gasteiger partial charge in [-0.25, -0.2) is 0 Å². The minimum atomic E-state index is -1.40. The first-order valence-corrected chi connectivity index (χ1v) is 9.49. The standard InChI is InChI=1S/C14H26OSi/c1-5-14-10-9-12(11-14)13(14)15-16(6-2,7-3)8-4/h5,12-13H,1,6-11H2,2-4H3/t12-,13+,14+/m1/s1. The summed E-state index contributed by atoms with van der Waals surface area (Å²) in [5.74, 6) is 0.856. The van der Waals surface area contributed by atoms with Crippen LogP contribution in [0, 0.1) is 11.3 Å². The summed E-state index contributed by atoms with van der Waals surface area (Å²) in [5, 5.41) is 0. The number of fused-ring (bicyclic) bond motifs is 1. The molecule has 3 atom stereocenters. The molecule has 3 aliphatic rings. The van der Waals surface area contributed by atoms with Crippen molar-refractivity contribution in [3.63, 3.8) is 0 Å². The van der Waals surface area contributed by atoms with Crippen LogP contribution in [-0.4, -0.2) is 14.4 Å². The van der Waals surface area contributed by atoms with Gasteiger partial charge in [-0.1, -0.05) is 26.8 Å². The van der Waals surface area contributed by atoms with Gasteiger partial charge in [0.25, 0.3) is 0 Å². The highest BCUT2D eigenvalue weighted by atomic mass is 28.4. The van der Waals surface area contributed by atoms with E-state index in [1.165, 1.54) is 37.4 Å². The van der Waals surface area contributed by atoms with Crippen LogP contribution in [-0.2, 0) is 4.43 Å². The molecular formula is C14H26OSi. The summed E-state index contributed by atoms with van der Waals surface area (Å²) >= 11 is 0. The van der Waals surface area contributed by atoms with E-state index in [4.69, 9.17) is 4.43 Å². The van der Waals surface area contributed by atoms with Gasteiger partial charge in [-0.15, -0.1) is 6.58 Å². The van der Waals surface area contributed by atoms with Crippen LogP contribution in [0.5, 0.6) is 0 Å². The molecule has 0 amide bonds. The maximum absolute atomic E-state index is 6.67. The van der Waals surface area contributed by atoms with Crippen molar-refractivity contribution >= 4 is 8.32 Å². The molecule has 0 saturated heterocycles. The molecule has 3 saturated carbocycles. The minimum Gasteiger partial charge on any atom is -0.413 e. The maximum atomic E-state index is 6.67. The van der Waals surface area contributed by atoms with Crippen molar-refractivity contribution in [1.82, 2.24) is 0 Å². The van der Waals surface area contributed by atoms with Crippen LogP contribution in [0.1, 0.15) is 40.0 Å². The van der Waals surface area contributed by atoms with E-state index >= 15 is 0 Å². The fraction of sp³-hybridized carbons (Fsp3) is 0.857. The van der Waals surface area contributed by atoms with Crippen LogP contribution in [0.2, 0.25) is 18.1 Å². The zero-order valence-electron chi connectivity index (χ0n) is 11.1. The lowest BCUT2D eigenvalue weighted by atomic mass is 9.67. The van der Waals surface area contributed by atoms with Crippen LogP contribution in [0.4, 0.5) is 0 Å². The Morgan fingerprint density at radius 3 is 2.38 bits per heavy atom. The number of rotatable bonds is 6. The highest BCUT2D eigenvalue weighted by molar-refractivity contribution is 6.73. The summed E-state index contributed by atoms with van der Waals surface area (Å²) in [7, 11) is -1.40. The minimum absolute atomic E-state index is 0.377. The average molecular weight is 238 g/mol. The molecule has 92 valence electrons. The lowest BCUT2D eigenvalue weighted by molar-refractivity contribution is -0.0252. The van der Waals surface area contributed by atoms with Gasteiger partial charge >= 0.3 is 0 Å². The summed E-state index contributed by atoms with van der Waals surface area (Å²) in [6, 6.07) is 3.82. The quantitative estimate of drug-likeness (QED) is 0.493. The van der Waals surface area contributed by atoms with Crippen molar-refractivity contribution in [1.29, 1.82) is 0 Å². The predicted molar refractivity (Wildman–Crippen MR) is 72.0 cm³/mol. The van der Waals surface area contributed by atoms with Crippen LogP contribution in [0.25, 0.3) is 0 Å². The second-order valence-corrected chi connectivity index (χ2v) is 10.4. The van der Waals surface area contributed by atoms with Gasteiger partial charge in [0.05, 0.1) is 6.10 Å². The summed E-state index contributed by atoms with van der Waals surface area (Å²) in [4.78, 5) is 0. The molecule has 0 aliphatic heterocycles. The lowest BCUT2D eigenvalue weighted by Crippen LogP contribution is -2.52. The van der Waals surface area contributed by atoms with E-state index in [0.717, 1.165) is 5.92 Å². The Hall–Kier alpha value is -0.0831. The summed E-state index contributed by atoms with van der Waals surface area (Å²) in [5.41, 5.74) is 0.377. The zero-order valence-corrected chi connectivity index (χ0v) is 12.1. The van der Waals surface area contributed by atoms with E-state index in [9.17, 15) is 0 Å². The lowest BCUT2D eigenvalue weighted by Gasteiger charge is -2.49. The fourth-order valence-corrected chi connectivity index (χ4v) is 6.72. The van der Waals surface area contributed by atoms with Gasteiger partial charge in [-0.2, -0.15) is 0 Å². The normalized spacial score (nSPS) is 37.2. The van der Waals surface area contributed by atoms with E-state index in [0.29, 0.717) is 11.5 Å². The Balaban J connectivity index is 2.07. The third kappa shape index (κ3) is 1.62. The molecule has 0 N–H and O–H groups in total. The van der Waals surface area contributed by atoms with Crippen LogP contribution < -0.4 is 0 Å². The van der Waals surface area contributed by atoms with Crippen LogP contribution >= 0.6 is 0 Å². The third-order valence-electron chi connectivity index (χ3n) is 5.33. The van der Waals surface area contributed by atoms with Gasteiger partial charge < -0.3 is 4.43 Å². The maximum Gasteiger partial charge on any atom is 0.192 e. The largest absolute Gasteiger partial charge is 0.413 e. The van der Waals surface area contributed by atoms with Crippen molar-refractivity contribution in [3.8, 4) is 0 Å². The monoisotopic (exact) mass is 238 g/mol. The van der Waals surface area contributed by atoms with E-state index in [1.807, 2.05) is 0 Å². The summed E-state index contributed by atoms with van der Waals surface area (Å²) in [6.07, 6.45) is 6.78. The van der Waals surface area contributed by atoms with Gasteiger partial charge in [-0.05, 0) is 43.3 Å². The summed E-state index contributed by atoms with van der Waals surface area (Å²) in [6.45, 7) is 11.0. The van der Waals surface area contributed by atoms with Gasteiger partial charge in [0.2, 0.25) is 0 Å². The molecule has 0 aromatic heterocycles. The molecular weight excluding hydrogens is 212 g/mol. The molecule has 0 heterocycles. The third-order valence-corrected chi connectivity index (χ3v) is 9.95. The van der Waals surface area contributed by atoms with Crippen molar-refractivity contribution in [3.05, 3.63) is 12.7 Å². The van der Waals surface area contributed by atoms with Gasteiger partial charge in [0.1, 0.15) is 0 Å². The van der Waals surface area contributed by atoms with E-state index in [-0.39, 0.29) is 0 Å². The molecule has 0 spiro atoms. The topological polar surface area (TPSA) is 9.23 Å². The Morgan fingerprint density at radius 1 is 1.31 bits per heavy atom. The molecule has 0 aromatic carbocycles.